The Balaban J connectivity index is 4.55. The minimum atomic E-state index is -0.393. The van der Waals surface area contributed by atoms with E-state index in [4.69, 9.17) is 0 Å². The summed E-state index contributed by atoms with van der Waals surface area (Å²) in [6.07, 6.45) is 1.67. The Bertz CT molecular complexity index is 228. The average Bonchev–Trinajstić information content (AvgIpc) is 2.00. The minimum absolute atomic E-state index is 0.0752. The summed E-state index contributed by atoms with van der Waals surface area (Å²) in [5, 5.41) is 0. The summed E-state index contributed by atoms with van der Waals surface area (Å²) < 4.78 is 0. The first kappa shape index (κ1) is 14.1. The summed E-state index contributed by atoms with van der Waals surface area (Å²) in [6.45, 7) is 14.0. The fourth-order valence-corrected chi connectivity index (χ4v) is 1.18. The van der Waals surface area contributed by atoms with Gasteiger partial charge in [0.2, 0.25) is 0 Å². The molecule has 88 valence electrons. The summed E-state index contributed by atoms with van der Waals surface area (Å²) in [7, 11) is 0. The highest BCUT2D eigenvalue weighted by molar-refractivity contribution is 5.88. The summed E-state index contributed by atoms with van der Waals surface area (Å²) >= 11 is 0. The summed E-state index contributed by atoms with van der Waals surface area (Å²) in [5.41, 5.74) is -0.393. The van der Waals surface area contributed by atoms with Gasteiger partial charge >= 0.3 is 0 Å². The van der Waals surface area contributed by atoms with Gasteiger partial charge in [-0.15, -0.1) is 0 Å². The molecule has 0 aromatic rings. The van der Waals surface area contributed by atoms with E-state index in [-0.39, 0.29) is 5.91 Å². The molecular weight excluding hydrogens is 188 g/mol. The second-order valence-corrected chi connectivity index (χ2v) is 5.43. The van der Waals surface area contributed by atoms with Crippen molar-refractivity contribution in [3.05, 3.63) is 0 Å². The van der Waals surface area contributed by atoms with E-state index in [0.29, 0.717) is 12.1 Å². The molecule has 0 bridgehead atoms. The van der Waals surface area contributed by atoms with Gasteiger partial charge in [0, 0.05) is 17.5 Å². The minimum Gasteiger partial charge on any atom is -0.358 e. The third kappa shape index (κ3) is 4.96. The van der Waals surface area contributed by atoms with Crippen molar-refractivity contribution in [2.75, 3.05) is 0 Å². The molecule has 3 nitrogen and oxygen atoms in total. The fraction of sp³-hybridized carbons (Fsp3) is 0.833. The predicted molar refractivity (Wildman–Crippen MR) is 65.1 cm³/mol. The number of hydrogen-bond donors (Lipinski definition) is 0. The molecule has 0 rings (SSSR count). The highest BCUT2D eigenvalue weighted by Gasteiger charge is 2.20. The number of aliphatic imine (C=N–C) groups is 1. The van der Waals surface area contributed by atoms with Crippen LogP contribution < -0.4 is 0 Å². The lowest BCUT2D eigenvalue weighted by molar-refractivity contribution is -0.124. The fourth-order valence-electron chi connectivity index (χ4n) is 1.18. The van der Waals surface area contributed by atoms with E-state index in [1.807, 2.05) is 20.8 Å². The van der Waals surface area contributed by atoms with Crippen molar-refractivity contribution in [1.82, 2.24) is 4.90 Å². The number of nitrogens with zero attached hydrogens (tertiary/aromatic N) is 2. The molecule has 0 spiro atoms. The van der Waals surface area contributed by atoms with Gasteiger partial charge in [-0.3, -0.25) is 4.79 Å². The van der Waals surface area contributed by atoms with Gasteiger partial charge in [0.1, 0.15) is 0 Å². The SMILES string of the molecule is CC(C)N(C=NC(=O)C(C)(C)C)C(C)C. The zero-order valence-corrected chi connectivity index (χ0v) is 11.0. The van der Waals surface area contributed by atoms with Crippen LogP contribution in [0.25, 0.3) is 0 Å². The van der Waals surface area contributed by atoms with Crippen LogP contribution in [0.3, 0.4) is 0 Å². The molecule has 0 unspecified atom stereocenters. The zero-order chi connectivity index (χ0) is 12.2. The third-order valence-corrected chi connectivity index (χ3v) is 2.14. The highest BCUT2D eigenvalue weighted by Crippen LogP contribution is 2.15. The Kier molecular flexibility index (Phi) is 4.98. The number of carbonyl (C=O) groups is 1. The number of amides is 1. The second kappa shape index (κ2) is 5.29. The third-order valence-electron chi connectivity index (χ3n) is 2.14. The molecular formula is C12H24N2O. The van der Waals surface area contributed by atoms with Crippen LogP contribution in [0.15, 0.2) is 4.99 Å². The molecule has 15 heavy (non-hydrogen) atoms. The molecule has 0 saturated heterocycles. The van der Waals surface area contributed by atoms with Crippen LogP contribution >= 0.6 is 0 Å². The van der Waals surface area contributed by atoms with Crippen molar-refractivity contribution in [3.63, 3.8) is 0 Å². The molecule has 0 fully saturated rings. The van der Waals surface area contributed by atoms with Crippen LogP contribution in [0, 0.1) is 5.41 Å². The predicted octanol–water partition coefficient (Wildman–Crippen LogP) is 2.71. The lowest BCUT2D eigenvalue weighted by Crippen LogP contribution is -2.36. The molecule has 0 saturated carbocycles. The van der Waals surface area contributed by atoms with E-state index in [1.165, 1.54) is 0 Å². The Labute approximate surface area is 93.6 Å². The molecule has 0 aliphatic heterocycles. The van der Waals surface area contributed by atoms with Gasteiger partial charge in [-0.05, 0) is 27.7 Å². The van der Waals surface area contributed by atoms with Gasteiger partial charge in [0.05, 0.1) is 6.34 Å². The standard InChI is InChI=1S/C12H24N2O/c1-9(2)14(10(3)4)8-13-11(15)12(5,6)7/h8-10H,1-7H3. The quantitative estimate of drug-likeness (QED) is 0.532. The van der Waals surface area contributed by atoms with Gasteiger partial charge in [-0.25, -0.2) is 4.99 Å². The molecule has 0 N–H and O–H groups in total. The van der Waals surface area contributed by atoms with E-state index in [2.05, 4.69) is 37.6 Å². The summed E-state index contributed by atoms with van der Waals surface area (Å²) in [6, 6.07) is 0.725. The Morgan fingerprint density at radius 2 is 1.53 bits per heavy atom. The van der Waals surface area contributed by atoms with E-state index in [1.54, 1.807) is 6.34 Å². The maximum absolute atomic E-state index is 11.6. The van der Waals surface area contributed by atoms with Gasteiger partial charge in [0.15, 0.2) is 0 Å². The largest absolute Gasteiger partial charge is 0.358 e. The molecule has 0 radical (unpaired) electrons. The Morgan fingerprint density at radius 1 is 1.13 bits per heavy atom. The van der Waals surface area contributed by atoms with Crippen LogP contribution in [0.4, 0.5) is 0 Å². The Hall–Kier alpha value is -0.860. The van der Waals surface area contributed by atoms with Crippen LogP contribution in [-0.4, -0.2) is 29.2 Å². The first-order chi connectivity index (χ1) is 6.66. The molecule has 0 aliphatic rings. The van der Waals surface area contributed by atoms with Crippen LogP contribution in [0.1, 0.15) is 48.5 Å². The second-order valence-electron chi connectivity index (χ2n) is 5.43. The molecule has 0 aliphatic carbocycles. The van der Waals surface area contributed by atoms with E-state index in [9.17, 15) is 4.79 Å². The van der Waals surface area contributed by atoms with Crippen molar-refractivity contribution in [1.29, 1.82) is 0 Å². The summed E-state index contributed by atoms with van der Waals surface area (Å²) in [4.78, 5) is 17.7. The molecule has 3 heteroatoms. The van der Waals surface area contributed by atoms with E-state index >= 15 is 0 Å². The van der Waals surface area contributed by atoms with Gasteiger partial charge in [0.25, 0.3) is 5.91 Å². The first-order valence-electron chi connectivity index (χ1n) is 5.52. The maximum Gasteiger partial charge on any atom is 0.252 e. The molecule has 0 aromatic carbocycles. The topological polar surface area (TPSA) is 32.7 Å². The van der Waals surface area contributed by atoms with Crippen molar-refractivity contribution < 1.29 is 4.79 Å². The van der Waals surface area contributed by atoms with Gasteiger partial charge < -0.3 is 4.90 Å². The van der Waals surface area contributed by atoms with Crippen LogP contribution in [0.5, 0.6) is 0 Å². The monoisotopic (exact) mass is 212 g/mol. The molecule has 0 heterocycles. The van der Waals surface area contributed by atoms with Crippen molar-refractivity contribution in [2.24, 2.45) is 10.4 Å². The number of carbonyl (C=O) groups excluding carboxylic acids is 1. The number of rotatable bonds is 3. The molecule has 1 amide bonds. The highest BCUT2D eigenvalue weighted by atomic mass is 16.1. The van der Waals surface area contributed by atoms with Crippen molar-refractivity contribution >= 4 is 12.2 Å². The van der Waals surface area contributed by atoms with Crippen molar-refractivity contribution in [2.45, 2.75) is 60.5 Å². The maximum atomic E-state index is 11.6. The van der Waals surface area contributed by atoms with Gasteiger partial charge in [-0.1, -0.05) is 20.8 Å². The van der Waals surface area contributed by atoms with Crippen LogP contribution in [0.2, 0.25) is 0 Å². The lowest BCUT2D eigenvalue weighted by Gasteiger charge is -2.28. The summed E-state index contributed by atoms with van der Waals surface area (Å²) in [5.74, 6) is -0.0752. The molecule has 0 atom stereocenters. The van der Waals surface area contributed by atoms with E-state index < -0.39 is 5.41 Å². The molecule has 0 aromatic heterocycles. The van der Waals surface area contributed by atoms with Gasteiger partial charge in [-0.2, -0.15) is 0 Å². The Morgan fingerprint density at radius 3 is 1.80 bits per heavy atom. The number of hydrogen-bond acceptors (Lipinski definition) is 1. The first-order valence-corrected chi connectivity index (χ1v) is 5.52. The smallest absolute Gasteiger partial charge is 0.252 e. The van der Waals surface area contributed by atoms with Crippen molar-refractivity contribution in [3.8, 4) is 0 Å². The average molecular weight is 212 g/mol. The lowest BCUT2D eigenvalue weighted by atomic mass is 9.96. The normalized spacial score (nSPS) is 12.9. The zero-order valence-electron chi connectivity index (χ0n) is 11.0. The van der Waals surface area contributed by atoms with E-state index in [0.717, 1.165) is 0 Å². The van der Waals surface area contributed by atoms with Crippen LogP contribution in [-0.2, 0) is 4.79 Å².